The number of rotatable bonds is 1. The van der Waals surface area contributed by atoms with Gasteiger partial charge in [0.25, 0.3) is 0 Å². The Balaban J connectivity index is 2.13. The highest BCUT2D eigenvalue weighted by molar-refractivity contribution is 5.63. The molecule has 0 atom stereocenters. The van der Waals surface area contributed by atoms with Crippen molar-refractivity contribution < 1.29 is 5.11 Å². The molecule has 0 saturated carbocycles. The lowest BCUT2D eigenvalue weighted by molar-refractivity contribution is 0.467. The standard InChI is InChI=1S/C16H19N3O/c1-9-7-11(8-10(2)14(9)20)16-18-13-6-4-3-5-12(13)15(17)19-16/h7-8,20H,3-6H2,1-2H3,(H2,17,18,19). The maximum absolute atomic E-state index is 9.86. The van der Waals surface area contributed by atoms with Crippen molar-refractivity contribution >= 4 is 5.82 Å². The fraction of sp³-hybridized carbons (Fsp3) is 0.375. The van der Waals surface area contributed by atoms with Crippen molar-refractivity contribution in [2.45, 2.75) is 39.5 Å². The summed E-state index contributed by atoms with van der Waals surface area (Å²) in [5.74, 6) is 1.60. The molecule has 0 radical (unpaired) electrons. The van der Waals surface area contributed by atoms with E-state index in [1.165, 1.54) is 0 Å². The number of phenolic OH excluding ortho intramolecular Hbond substituents is 1. The number of aromatic hydroxyl groups is 1. The Morgan fingerprint density at radius 3 is 2.40 bits per heavy atom. The quantitative estimate of drug-likeness (QED) is 0.835. The summed E-state index contributed by atoms with van der Waals surface area (Å²) in [6.07, 6.45) is 4.29. The molecular weight excluding hydrogens is 250 g/mol. The van der Waals surface area contributed by atoms with Gasteiger partial charge in [0.15, 0.2) is 5.82 Å². The van der Waals surface area contributed by atoms with Gasteiger partial charge in [0.05, 0.1) is 0 Å². The van der Waals surface area contributed by atoms with Crippen molar-refractivity contribution in [2.24, 2.45) is 0 Å². The molecule has 2 aromatic rings. The van der Waals surface area contributed by atoms with E-state index in [0.29, 0.717) is 17.4 Å². The molecule has 1 aromatic carbocycles. The maximum atomic E-state index is 9.86. The first kappa shape index (κ1) is 12.9. The molecule has 20 heavy (non-hydrogen) atoms. The highest BCUT2D eigenvalue weighted by Gasteiger charge is 2.17. The zero-order valence-corrected chi connectivity index (χ0v) is 11.9. The molecule has 3 N–H and O–H groups in total. The Hall–Kier alpha value is -2.10. The van der Waals surface area contributed by atoms with E-state index in [4.69, 9.17) is 5.73 Å². The van der Waals surface area contributed by atoms with E-state index >= 15 is 0 Å². The van der Waals surface area contributed by atoms with Crippen LogP contribution in [0.2, 0.25) is 0 Å². The Labute approximate surface area is 118 Å². The summed E-state index contributed by atoms with van der Waals surface area (Å²) in [4.78, 5) is 9.14. The minimum absolute atomic E-state index is 0.333. The van der Waals surface area contributed by atoms with Gasteiger partial charge in [-0.15, -0.1) is 0 Å². The minimum Gasteiger partial charge on any atom is -0.507 e. The van der Waals surface area contributed by atoms with Crippen LogP contribution in [0.1, 0.15) is 35.2 Å². The summed E-state index contributed by atoms with van der Waals surface area (Å²) < 4.78 is 0. The number of aryl methyl sites for hydroxylation is 3. The summed E-state index contributed by atoms with van der Waals surface area (Å²) in [6, 6.07) is 3.82. The first-order valence-corrected chi connectivity index (χ1v) is 7.02. The molecule has 1 heterocycles. The number of nitrogen functional groups attached to an aromatic ring is 1. The topological polar surface area (TPSA) is 72.0 Å². The highest BCUT2D eigenvalue weighted by Crippen LogP contribution is 2.30. The van der Waals surface area contributed by atoms with Crippen molar-refractivity contribution in [1.82, 2.24) is 9.97 Å². The van der Waals surface area contributed by atoms with Gasteiger partial charge in [0, 0.05) is 16.8 Å². The van der Waals surface area contributed by atoms with E-state index in [1.54, 1.807) is 0 Å². The van der Waals surface area contributed by atoms with Gasteiger partial charge < -0.3 is 10.8 Å². The fourth-order valence-electron chi connectivity index (χ4n) is 2.84. The second kappa shape index (κ2) is 4.78. The number of hydrogen-bond acceptors (Lipinski definition) is 4. The zero-order chi connectivity index (χ0) is 14.3. The number of benzene rings is 1. The average Bonchev–Trinajstić information content (AvgIpc) is 2.44. The molecule has 4 nitrogen and oxygen atoms in total. The lowest BCUT2D eigenvalue weighted by Crippen LogP contribution is -2.11. The minimum atomic E-state index is 0.333. The first-order valence-electron chi connectivity index (χ1n) is 7.02. The fourth-order valence-corrected chi connectivity index (χ4v) is 2.84. The number of nitrogens with zero attached hydrogens (tertiary/aromatic N) is 2. The van der Waals surface area contributed by atoms with Gasteiger partial charge in [-0.05, 0) is 62.8 Å². The summed E-state index contributed by atoms with van der Waals surface area (Å²) in [5, 5.41) is 9.86. The molecule has 0 unspecified atom stereocenters. The molecule has 1 aromatic heterocycles. The van der Waals surface area contributed by atoms with Crippen LogP contribution in [-0.4, -0.2) is 15.1 Å². The summed E-state index contributed by atoms with van der Waals surface area (Å²) in [7, 11) is 0. The summed E-state index contributed by atoms with van der Waals surface area (Å²) in [6.45, 7) is 3.77. The molecule has 4 heteroatoms. The van der Waals surface area contributed by atoms with Gasteiger partial charge >= 0.3 is 0 Å². The molecule has 0 fully saturated rings. The molecule has 0 bridgehead atoms. The van der Waals surface area contributed by atoms with E-state index in [9.17, 15) is 5.11 Å². The summed E-state index contributed by atoms with van der Waals surface area (Å²) >= 11 is 0. The van der Waals surface area contributed by atoms with Crippen molar-refractivity contribution in [1.29, 1.82) is 0 Å². The number of anilines is 1. The first-order chi connectivity index (χ1) is 9.56. The Morgan fingerprint density at radius 1 is 1.05 bits per heavy atom. The van der Waals surface area contributed by atoms with E-state index in [0.717, 1.165) is 53.6 Å². The summed E-state index contributed by atoms with van der Waals surface area (Å²) in [5.41, 5.74) is 10.9. The maximum Gasteiger partial charge on any atom is 0.161 e. The number of phenols is 1. The third-order valence-electron chi connectivity index (χ3n) is 3.96. The van der Waals surface area contributed by atoms with Crippen molar-refractivity contribution in [3.63, 3.8) is 0 Å². The molecular formula is C16H19N3O. The monoisotopic (exact) mass is 269 g/mol. The van der Waals surface area contributed by atoms with Crippen LogP contribution in [0.5, 0.6) is 5.75 Å². The Bertz CT molecular complexity index is 657. The van der Waals surface area contributed by atoms with Gasteiger partial charge in [-0.2, -0.15) is 0 Å². The van der Waals surface area contributed by atoms with Crippen LogP contribution >= 0.6 is 0 Å². The number of nitrogens with two attached hydrogens (primary N) is 1. The zero-order valence-electron chi connectivity index (χ0n) is 11.9. The van der Waals surface area contributed by atoms with Gasteiger partial charge in [-0.3, -0.25) is 0 Å². The van der Waals surface area contributed by atoms with E-state index in [-0.39, 0.29) is 0 Å². The largest absolute Gasteiger partial charge is 0.507 e. The van der Waals surface area contributed by atoms with Crippen LogP contribution in [0, 0.1) is 13.8 Å². The van der Waals surface area contributed by atoms with Crippen LogP contribution in [0.3, 0.4) is 0 Å². The van der Waals surface area contributed by atoms with Crippen molar-refractivity contribution in [3.8, 4) is 17.1 Å². The smallest absolute Gasteiger partial charge is 0.161 e. The highest BCUT2D eigenvalue weighted by atomic mass is 16.3. The number of hydrogen-bond donors (Lipinski definition) is 2. The van der Waals surface area contributed by atoms with Gasteiger partial charge in [-0.25, -0.2) is 9.97 Å². The van der Waals surface area contributed by atoms with Gasteiger partial charge in [0.1, 0.15) is 11.6 Å². The van der Waals surface area contributed by atoms with Crippen LogP contribution in [0.4, 0.5) is 5.82 Å². The molecule has 0 aliphatic heterocycles. The SMILES string of the molecule is Cc1cc(-c2nc(N)c3c(n2)CCCC3)cc(C)c1O. The van der Waals surface area contributed by atoms with Crippen molar-refractivity contribution in [3.05, 3.63) is 34.5 Å². The van der Waals surface area contributed by atoms with Crippen LogP contribution in [-0.2, 0) is 12.8 Å². The predicted octanol–water partition coefficient (Wildman–Crippen LogP) is 2.93. The van der Waals surface area contributed by atoms with Gasteiger partial charge in [-0.1, -0.05) is 0 Å². The number of fused-ring (bicyclic) bond motifs is 1. The van der Waals surface area contributed by atoms with E-state index in [2.05, 4.69) is 9.97 Å². The van der Waals surface area contributed by atoms with E-state index < -0.39 is 0 Å². The molecule has 3 rings (SSSR count). The van der Waals surface area contributed by atoms with Crippen LogP contribution in [0.25, 0.3) is 11.4 Å². The van der Waals surface area contributed by atoms with Crippen molar-refractivity contribution in [2.75, 3.05) is 5.73 Å². The lowest BCUT2D eigenvalue weighted by atomic mass is 9.96. The molecule has 0 amide bonds. The lowest BCUT2D eigenvalue weighted by Gasteiger charge is -2.17. The third-order valence-corrected chi connectivity index (χ3v) is 3.96. The molecule has 0 spiro atoms. The van der Waals surface area contributed by atoms with Gasteiger partial charge in [0.2, 0.25) is 0 Å². The molecule has 1 aliphatic carbocycles. The average molecular weight is 269 g/mol. The molecule has 0 saturated heterocycles. The van der Waals surface area contributed by atoms with E-state index in [1.807, 2.05) is 26.0 Å². The predicted molar refractivity (Wildman–Crippen MR) is 79.7 cm³/mol. The molecule has 104 valence electrons. The Morgan fingerprint density at radius 2 is 1.70 bits per heavy atom. The Kier molecular flexibility index (Phi) is 3.08. The molecule has 1 aliphatic rings. The number of aromatic nitrogens is 2. The third kappa shape index (κ3) is 2.11. The van der Waals surface area contributed by atoms with Crippen LogP contribution < -0.4 is 5.73 Å². The van der Waals surface area contributed by atoms with Crippen LogP contribution in [0.15, 0.2) is 12.1 Å². The second-order valence-electron chi connectivity index (χ2n) is 5.52. The normalized spacial score (nSPS) is 14.1. The second-order valence-corrected chi connectivity index (χ2v) is 5.52.